The first-order valence-corrected chi connectivity index (χ1v) is 16.2. The van der Waals surface area contributed by atoms with E-state index in [0.717, 1.165) is 38.3 Å². The number of esters is 1. The van der Waals surface area contributed by atoms with Crippen molar-refractivity contribution in [3.63, 3.8) is 0 Å². The zero-order chi connectivity index (χ0) is 31.2. The molecule has 5 rings (SSSR count). The third-order valence-corrected chi connectivity index (χ3v) is 9.42. The van der Waals surface area contributed by atoms with Crippen LogP contribution in [0.25, 0.3) is 0 Å². The monoisotopic (exact) mass is 675 g/mol. The first-order chi connectivity index (χ1) is 21.2. The zero-order valence-electron chi connectivity index (χ0n) is 23.8. The molecule has 3 fully saturated rings. The summed E-state index contributed by atoms with van der Waals surface area (Å²) >= 11 is 14.0. The topological polar surface area (TPSA) is 104 Å². The first kappa shape index (κ1) is 32.8. The Morgan fingerprint density at radius 3 is 2.52 bits per heavy atom. The van der Waals surface area contributed by atoms with Gasteiger partial charge in [-0.3, -0.25) is 9.69 Å². The number of aromatic nitrogens is 1. The molecule has 1 aromatic carbocycles. The third-order valence-electron chi connectivity index (χ3n) is 7.59. The van der Waals surface area contributed by atoms with Crippen molar-refractivity contribution in [2.75, 3.05) is 51.8 Å². The van der Waals surface area contributed by atoms with Crippen LogP contribution in [0.3, 0.4) is 0 Å². The fraction of sp³-hybridized carbons (Fsp3) is 0.552. The van der Waals surface area contributed by atoms with Gasteiger partial charge >= 0.3 is 12.6 Å². The van der Waals surface area contributed by atoms with Crippen LogP contribution < -0.4 is 14.2 Å². The van der Waals surface area contributed by atoms with Gasteiger partial charge in [-0.15, -0.1) is 11.8 Å². The van der Waals surface area contributed by atoms with Gasteiger partial charge in [0, 0.05) is 50.3 Å². The molecule has 3 heterocycles. The van der Waals surface area contributed by atoms with Gasteiger partial charge in [-0.1, -0.05) is 29.3 Å². The van der Waals surface area contributed by atoms with Crippen molar-refractivity contribution >= 4 is 46.8 Å². The maximum atomic E-state index is 13.6. The molecule has 2 atom stereocenters. The van der Waals surface area contributed by atoms with Crippen LogP contribution in [0.15, 0.2) is 30.6 Å². The fourth-order valence-corrected chi connectivity index (χ4v) is 6.72. The maximum absolute atomic E-state index is 13.6. The van der Waals surface area contributed by atoms with E-state index in [1.165, 1.54) is 34.9 Å². The highest BCUT2D eigenvalue weighted by Gasteiger charge is 2.38. The lowest BCUT2D eigenvalue weighted by Gasteiger charge is -2.29. The normalized spacial score (nSPS) is 19.7. The Labute approximate surface area is 268 Å². The molecule has 2 aromatic rings. The Morgan fingerprint density at radius 2 is 1.84 bits per heavy atom. The molecule has 15 heteroatoms. The van der Waals surface area contributed by atoms with Crippen LogP contribution in [-0.4, -0.2) is 85.4 Å². The highest BCUT2D eigenvalue weighted by Crippen LogP contribution is 2.38. The van der Waals surface area contributed by atoms with Gasteiger partial charge in [-0.2, -0.15) is 13.5 Å². The summed E-state index contributed by atoms with van der Waals surface area (Å²) in [6, 6.07) is 4.31. The van der Waals surface area contributed by atoms with E-state index in [0.29, 0.717) is 60.4 Å². The minimum atomic E-state index is -3.07. The van der Waals surface area contributed by atoms with E-state index in [1.807, 2.05) is 0 Å². The van der Waals surface area contributed by atoms with E-state index in [1.54, 1.807) is 0 Å². The summed E-state index contributed by atoms with van der Waals surface area (Å²) in [4.78, 5) is 30.5. The summed E-state index contributed by atoms with van der Waals surface area (Å²) in [5, 5.41) is 11.1. The summed E-state index contributed by atoms with van der Waals surface area (Å²) in [5.41, 5.74) is 0.758. The fourth-order valence-electron chi connectivity index (χ4n) is 5.00. The van der Waals surface area contributed by atoms with Crippen molar-refractivity contribution in [3.05, 3.63) is 57.0 Å². The molecule has 3 aliphatic rings. The summed E-state index contributed by atoms with van der Waals surface area (Å²) in [5.74, 6) is 0.0195. The Morgan fingerprint density at radius 1 is 1.11 bits per heavy atom. The Kier molecular flexibility index (Phi) is 11.3. The predicted octanol–water partition coefficient (Wildman–Crippen LogP) is 4.47. The largest absolute Gasteiger partial charge is 0.619 e. The number of thioether (sulfide) groups is 1. The molecular formula is C29H33Cl2F2N3O7S. The van der Waals surface area contributed by atoms with Gasteiger partial charge in [0.2, 0.25) is 5.91 Å². The van der Waals surface area contributed by atoms with Crippen LogP contribution in [0, 0.1) is 11.1 Å². The molecular weight excluding hydrogens is 643 g/mol. The van der Waals surface area contributed by atoms with E-state index in [2.05, 4.69) is 9.64 Å². The number of amides is 1. The first-order valence-electron chi connectivity index (χ1n) is 14.4. The molecule has 2 aliphatic heterocycles. The number of carbonyl (C=O) groups is 2. The summed E-state index contributed by atoms with van der Waals surface area (Å²) in [7, 11) is 0. The average molecular weight is 677 g/mol. The molecule has 2 saturated heterocycles. The van der Waals surface area contributed by atoms with Gasteiger partial charge in [0.1, 0.15) is 16.1 Å². The Hall–Kier alpha value is -2.58. The van der Waals surface area contributed by atoms with Crippen molar-refractivity contribution in [2.45, 2.75) is 43.8 Å². The van der Waals surface area contributed by atoms with Crippen molar-refractivity contribution in [1.29, 1.82) is 0 Å². The smallest absolute Gasteiger partial charge is 0.387 e. The van der Waals surface area contributed by atoms with Crippen molar-refractivity contribution in [2.24, 2.45) is 5.92 Å². The number of ether oxygens (including phenoxy) is 4. The van der Waals surface area contributed by atoms with Crippen molar-refractivity contribution < 1.29 is 42.0 Å². The molecule has 240 valence electrons. The van der Waals surface area contributed by atoms with Crippen molar-refractivity contribution in [1.82, 2.24) is 9.80 Å². The lowest BCUT2D eigenvalue weighted by molar-refractivity contribution is -0.605. The average Bonchev–Trinajstić information content (AvgIpc) is 3.69. The number of pyridine rings is 1. The number of benzene rings is 1. The van der Waals surface area contributed by atoms with E-state index >= 15 is 0 Å². The molecule has 1 saturated carbocycles. The molecule has 1 amide bonds. The third kappa shape index (κ3) is 8.78. The second-order valence-electron chi connectivity index (χ2n) is 10.8. The highest BCUT2D eigenvalue weighted by atomic mass is 35.5. The van der Waals surface area contributed by atoms with E-state index < -0.39 is 24.1 Å². The minimum absolute atomic E-state index is 0.0380. The molecule has 10 nitrogen and oxygen atoms in total. The van der Waals surface area contributed by atoms with E-state index in [9.17, 15) is 23.6 Å². The number of hydrogen-bond acceptors (Lipinski definition) is 9. The van der Waals surface area contributed by atoms with Crippen LogP contribution in [-0.2, 0) is 25.5 Å². The van der Waals surface area contributed by atoms with Gasteiger partial charge < -0.3 is 29.1 Å². The summed E-state index contributed by atoms with van der Waals surface area (Å²) in [6.45, 7) is 0.968. The lowest BCUT2D eigenvalue weighted by atomic mass is 10.0. The molecule has 0 spiro atoms. The summed E-state index contributed by atoms with van der Waals surface area (Å²) in [6.07, 6.45) is 3.43. The number of morpholine rings is 1. The van der Waals surface area contributed by atoms with Gasteiger partial charge in [-0.05, 0) is 36.5 Å². The van der Waals surface area contributed by atoms with Crippen LogP contribution >= 0.6 is 35.0 Å². The van der Waals surface area contributed by atoms with Gasteiger partial charge in [0.25, 0.3) is 0 Å². The molecule has 1 aromatic heterocycles. The lowest BCUT2D eigenvalue weighted by Crippen LogP contribution is -2.43. The van der Waals surface area contributed by atoms with Crippen LogP contribution in [0.4, 0.5) is 8.78 Å². The second-order valence-corrected chi connectivity index (χ2v) is 12.8. The second kappa shape index (κ2) is 15.1. The van der Waals surface area contributed by atoms with E-state index in [4.69, 9.17) is 37.4 Å². The number of rotatable bonds is 13. The molecule has 0 bridgehead atoms. The SMILES string of the molecule is O=C(O[C@@H](Cc1c(Cl)c[n+]([O-])cc1Cl)c1ccc(OC(F)F)c(OCC2CC2)c1)[C@@H]1SCCN1C(=O)CCN1CCOCC1. The molecule has 0 N–H and O–H groups in total. The van der Waals surface area contributed by atoms with E-state index in [-0.39, 0.29) is 40.3 Å². The number of hydrogen-bond donors (Lipinski definition) is 0. The number of halogens is 4. The molecule has 1 aliphatic carbocycles. The van der Waals surface area contributed by atoms with Gasteiger partial charge in [0.05, 0.1) is 19.8 Å². The van der Waals surface area contributed by atoms with Crippen LogP contribution in [0.2, 0.25) is 10.0 Å². The Balaban J connectivity index is 1.37. The minimum Gasteiger partial charge on any atom is -0.619 e. The Bertz CT molecular complexity index is 1310. The van der Waals surface area contributed by atoms with Gasteiger partial charge in [0.15, 0.2) is 29.3 Å². The predicted molar refractivity (Wildman–Crippen MR) is 159 cm³/mol. The molecule has 0 radical (unpaired) electrons. The molecule has 0 unspecified atom stereocenters. The van der Waals surface area contributed by atoms with Crippen LogP contribution in [0.1, 0.15) is 36.5 Å². The van der Waals surface area contributed by atoms with Gasteiger partial charge in [-0.25, -0.2) is 4.79 Å². The quantitative estimate of drug-likeness (QED) is 0.173. The summed E-state index contributed by atoms with van der Waals surface area (Å²) < 4.78 is 48.6. The highest BCUT2D eigenvalue weighted by molar-refractivity contribution is 8.00. The standard InChI is InChI=1S/C29H33Cl2F2N3O7S/c30-21-15-35(39)16-22(31)20(21)14-24(19-3-4-23(43-29(32)33)25(13-19)41-17-18-1-2-18)42-28(38)27-36(9-12-44-27)26(37)5-6-34-7-10-40-11-8-34/h3-4,13,15-16,18,24,27,29H,1-2,5-12,14,17H2/t24-,27-/m0/s1. The number of carbonyl (C=O) groups excluding carboxylic acids is 2. The number of nitrogens with zero attached hydrogens (tertiary/aromatic N) is 3. The van der Waals surface area contributed by atoms with Crippen LogP contribution in [0.5, 0.6) is 11.5 Å². The van der Waals surface area contributed by atoms with Crippen molar-refractivity contribution in [3.8, 4) is 11.5 Å². The zero-order valence-corrected chi connectivity index (χ0v) is 26.1. The number of alkyl halides is 2. The molecule has 44 heavy (non-hydrogen) atoms. The maximum Gasteiger partial charge on any atom is 0.387 e.